The smallest absolute Gasteiger partial charge is 0.143 e. The van der Waals surface area contributed by atoms with E-state index in [2.05, 4.69) is 61.6 Å². The first-order valence-corrected chi connectivity index (χ1v) is 6.66. The van der Waals surface area contributed by atoms with Crippen molar-refractivity contribution in [3.05, 3.63) is 56.7 Å². The molecule has 0 fully saturated rings. The van der Waals surface area contributed by atoms with Gasteiger partial charge in [-0.1, -0.05) is 24.3 Å². The summed E-state index contributed by atoms with van der Waals surface area (Å²) in [6.45, 7) is 6.25. The largest absolute Gasteiger partial charge is 0.456 e. The minimum absolute atomic E-state index is 0.928. The molecule has 0 spiro atoms. The molecule has 2 heteroatoms. The molecule has 0 radical (unpaired) electrons. The van der Waals surface area contributed by atoms with Crippen molar-refractivity contribution in [1.82, 2.24) is 0 Å². The second-order valence-electron chi connectivity index (χ2n) is 4.26. The van der Waals surface area contributed by atoms with E-state index in [-0.39, 0.29) is 0 Å². The molecule has 17 heavy (non-hydrogen) atoms. The lowest BCUT2D eigenvalue weighted by Gasteiger charge is -2.13. The fourth-order valence-electron chi connectivity index (χ4n) is 1.81. The van der Waals surface area contributed by atoms with Crippen molar-refractivity contribution in [2.24, 2.45) is 0 Å². The summed E-state index contributed by atoms with van der Waals surface area (Å²) in [6, 6.07) is 12.4. The van der Waals surface area contributed by atoms with Crippen LogP contribution in [-0.2, 0) is 0 Å². The minimum Gasteiger partial charge on any atom is -0.456 e. The van der Waals surface area contributed by atoms with Crippen LogP contribution in [0.25, 0.3) is 0 Å². The van der Waals surface area contributed by atoms with Gasteiger partial charge in [-0.25, -0.2) is 0 Å². The molecule has 0 aliphatic heterocycles. The highest BCUT2D eigenvalue weighted by atomic mass is 127. The zero-order valence-electron chi connectivity index (χ0n) is 10.3. The van der Waals surface area contributed by atoms with E-state index in [4.69, 9.17) is 4.74 Å². The third-order valence-electron chi connectivity index (χ3n) is 2.68. The first-order valence-electron chi connectivity index (χ1n) is 5.58. The molecule has 0 atom stereocenters. The summed E-state index contributed by atoms with van der Waals surface area (Å²) in [5.41, 5.74) is 3.60. The number of halogens is 1. The van der Waals surface area contributed by atoms with Gasteiger partial charge >= 0.3 is 0 Å². The van der Waals surface area contributed by atoms with Crippen LogP contribution in [-0.4, -0.2) is 0 Å². The molecule has 2 aromatic carbocycles. The van der Waals surface area contributed by atoms with E-state index in [1.165, 1.54) is 11.1 Å². The number of hydrogen-bond acceptors (Lipinski definition) is 1. The van der Waals surface area contributed by atoms with E-state index in [0.717, 1.165) is 20.6 Å². The Labute approximate surface area is 116 Å². The molecule has 0 aromatic heterocycles. The fourth-order valence-corrected chi connectivity index (χ4v) is 2.84. The topological polar surface area (TPSA) is 9.23 Å². The van der Waals surface area contributed by atoms with E-state index >= 15 is 0 Å². The van der Waals surface area contributed by atoms with Crippen LogP contribution in [0.15, 0.2) is 36.4 Å². The number of rotatable bonds is 2. The number of benzene rings is 2. The Morgan fingerprint density at radius 3 is 2.29 bits per heavy atom. The molecule has 0 heterocycles. The predicted octanol–water partition coefficient (Wildman–Crippen LogP) is 5.01. The van der Waals surface area contributed by atoms with Gasteiger partial charge < -0.3 is 4.74 Å². The van der Waals surface area contributed by atoms with Gasteiger partial charge in [0.2, 0.25) is 0 Å². The van der Waals surface area contributed by atoms with Crippen LogP contribution >= 0.6 is 22.6 Å². The van der Waals surface area contributed by atoms with Gasteiger partial charge in [-0.15, -0.1) is 0 Å². The van der Waals surface area contributed by atoms with Crippen molar-refractivity contribution in [2.45, 2.75) is 20.8 Å². The van der Waals surface area contributed by atoms with E-state index in [9.17, 15) is 0 Å². The van der Waals surface area contributed by atoms with Crippen LogP contribution in [0, 0.1) is 24.3 Å². The van der Waals surface area contributed by atoms with Crippen LogP contribution in [0.1, 0.15) is 16.7 Å². The molecule has 0 amide bonds. The summed E-state index contributed by atoms with van der Waals surface area (Å²) in [5.74, 6) is 1.89. The van der Waals surface area contributed by atoms with Crippen molar-refractivity contribution < 1.29 is 4.74 Å². The van der Waals surface area contributed by atoms with Gasteiger partial charge in [0.15, 0.2) is 0 Å². The van der Waals surface area contributed by atoms with Crippen LogP contribution in [0.5, 0.6) is 11.5 Å². The molecule has 0 N–H and O–H groups in total. The molecular formula is C15H15IO. The highest BCUT2D eigenvalue weighted by Gasteiger charge is 2.08. The first kappa shape index (κ1) is 12.4. The quantitative estimate of drug-likeness (QED) is 0.700. The number of para-hydroxylation sites is 1. The van der Waals surface area contributed by atoms with Crippen LogP contribution in [0.2, 0.25) is 0 Å². The van der Waals surface area contributed by atoms with E-state index in [1.807, 2.05) is 18.2 Å². The van der Waals surface area contributed by atoms with Gasteiger partial charge in [0.25, 0.3) is 0 Å². The average molecular weight is 338 g/mol. The zero-order valence-corrected chi connectivity index (χ0v) is 12.4. The van der Waals surface area contributed by atoms with E-state index < -0.39 is 0 Å². The van der Waals surface area contributed by atoms with Gasteiger partial charge in [0.1, 0.15) is 11.5 Å². The SMILES string of the molecule is Cc1cc(C)c(Oc2ccccc2C)c(I)c1. The summed E-state index contributed by atoms with van der Waals surface area (Å²) >= 11 is 2.33. The van der Waals surface area contributed by atoms with Gasteiger partial charge in [0.05, 0.1) is 3.57 Å². The summed E-state index contributed by atoms with van der Waals surface area (Å²) in [6.07, 6.45) is 0. The minimum atomic E-state index is 0.928. The Bertz CT molecular complexity index is 523. The third kappa shape index (κ3) is 2.80. The molecule has 0 aliphatic rings. The van der Waals surface area contributed by atoms with Crippen molar-refractivity contribution in [2.75, 3.05) is 0 Å². The maximum absolute atomic E-state index is 6.02. The van der Waals surface area contributed by atoms with Crippen LogP contribution in [0.3, 0.4) is 0 Å². The van der Waals surface area contributed by atoms with Crippen molar-refractivity contribution in [1.29, 1.82) is 0 Å². The second-order valence-corrected chi connectivity index (χ2v) is 5.42. The highest BCUT2D eigenvalue weighted by molar-refractivity contribution is 14.1. The van der Waals surface area contributed by atoms with E-state index in [1.54, 1.807) is 0 Å². The molecule has 0 aliphatic carbocycles. The zero-order chi connectivity index (χ0) is 12.4. The molecule has 2 aromatic rings. The number of aryl methyl sites for hydroxylation is 3. The molecule has 2 rings (SSSR count). The first-order chi connectivity index (χ1) is 8.08. The lowest BCUT2D eigenvalue weighted by atomic mass is 10.1. The third-order valence-corrected chi connectivity index (χ3v) is 3.48. The van der Waals surface area contributed by atoms with Crippen LogP contribution in [0.4, 0.5) is 0 Å². The Morgan fingerprint density at radius 1 is 0.941 bits per heavy atom. The predicted molar refractivity (Wildman–Crippen MR) is 79.9 cm³/mol. The summed E-state index contributed by atoms with van der Waals surface area (Å²) in [4.78, 5) is 0. The normalized spacial score (nSPS) is 10.4. The van der Waals surface area contributed by atoms with E-state index in [0.29, 0.717) is 0 Å². The summed E-state index contributed by atoms with van der Waals surface area (Å²) < 4.78 is 7.17. The highest BCUT2D eigenvalue weighted by Crippen LogP contribution is 2.32. The van der Waals surface area contributed by atoms with Crippen molar-refractivity contribution >= 4 is 22.6 Å². The molecule has 1 nitrogen and oxygen atoms in total. The van der Waals surface area contributed by atoms with Gasteiger partial charge in [0, 0.05) is 0 Å². The fraction of sp³-hybridized carbons (Fsp3) is 0.200. The maximum Gasteiger partial charge on any atom is 0.143 e. The number of hydrogen-bond donors (Lipinski definition) is 0. The van der Waals surface area contributed by atoms with Crippen molar-refractivity contribution in [3.8, 4) is 11.5 Å². The van der Waals surface area contributed by atoms with Gasteiger partial charge in [-0.3, -0.25) is 0 Å². The molecule has 88 valence electrons. The Balaban J connectivity index is 2.40. The maximum atomic E-state index is 6.02. The Hall–Kier alpha value is -1.03. The second kappa shape index (κ2) is 5.08. The Morgan fingerprint density at radius 2 is 1.65 bits per heavy atom. The van der Waals surface area contributed by atoms with Crippen LogP contribution < -0.4 is 4.74 Å². The van der Waals surface area contributed by atoms with Crippen molar-refractivity contribution in [3.63, 3.8) is 0 Å². The monoisotopic (exact) mass is 338 g/mol. The molecule has 0 unspecified atom stereocenters. The number of ether oxygens (including phenoxy) is 1. The molecule has 0 saturated heterocycles. The van der Waals surface area contributed by atoms with Gasteiger partial charge in [-0.05, 0) is 72.2 Å². The summed E-state index contributed by atoms with van der Waals surface area (Å²) in [5, 5.41) is 0. The lowest BCUT2D eigenvalue weighted by Crippen LogP contribution is -1.93. The lowest BCUT2D eigenvalue weighted by molar-refractivity contribution is 0.471. The molecule has 0 saturated carbocycles. The van der Waals surface area contributed by atoms with Gasteiger partial charge in [-0.2, -0.15) is 0 Å². The average Bonchev–Trinajstić information content (AvgIpc) is 2.25. The molecule has 0 bridgehead atoms. The summed E-state index contributed by atoms with van der Waals surface area (Å²) in [7, 11) is 0. The standard InChI is InChI=1S/C15H15IO/c1-10-8-12(3)15(13(16)9-10)17-14-7-5-4-6-11(14)2/h4-9H,1-3H3. The Kier molecular flexibility index (Phi) is 3.72. The molecular weight excluding hydrogens is 323 g/mol.